The van der Waals surface area contributed by atoms with E-state index in [9.17, 15) is 4.79 Å². The highest BCUT2D eigenvalue weighted by atomic mass is 32.2. The summed E-state index contributed by atoms with van der Waals surface area (Å²) >= 11 is 1.57. The standard InChI is InChI=1S/C17H17N3O3S/c1-3-23-15(21)7-5-12-4-6-14-13(10-12)20(11-22-2)16-17(24-14)19-9-8-18-16/h4-10H,3,11H2,1-2H3/b7-5+. The minimum absolute atomic E-state index is 0.352. The number of aromatic nitrogens is 2. The number of esters is 1. The largest absolute Gasteiger partial charge is 0.463 e. The number of benzene rings is 1. The van der Waals surface area contributed by atoms with Crippen LogP contribution in [-0.4, -0.2) is 36.4 Å². The third-order valence-electron chi connectivity index (χ3n) is 3.34. The van der Waals surface area contributed by atoms with Crippen LogP contribution in [0.3, 0.4) is 0 Å². The van der Waals surface area contributed by atoms with E-state index in [1.807, 2.05) is 23.1 Å². The van der Waals surface area contributed by atoms with Crippen LogP contribution < -0.4 is 4.90 Å². The topological polar surface area (TPSA) is 64.5 Å². The second kappa shape index (κ2) is 7.46. The molecule has 0 radical (unpaired) electrons. The molecular weight excluding hydrogens is 326 g/mol. The highest BCUT2D eigenvalue weighted by Crippen LogP contribution is 2.46. The minimum atomic E-state index is -0.352. The molecule has 24 heavy (non-hydrogen) atoms. The van der Waals surface area contributed by atoms with E-state index in [1.165, 1.54) is 6.08 Å². The van der Waals surface area contributed by atoms with Gasteiger partial charge in [0.1, 0.15) is 11.8 Å². The first-order valence-corrected chi connectivity index (χ1v) is 8.28. The van der Waals surface area contributed by atoms with Crippen LogP contribution >= 0.6 is 11.8 Å². The van der Waals surface area contributed by atoms with Gasteiger partial charge < -0.3 is 9.47 Å². The molecule has 0 N–H and O–H groups in total. The lowest BCUT2D eigenvalue weighted by Gasteiger charge is -2.30. The van der Waals surface area contributed by atoms with Crippen LogP contribution in [0.2, 0.25) is 0 Å². The van der Waals surface area contributed by atoms with Crippen LogP contribution in [0.4, 0.5) is 11.5 Å². The summed E-state index contributed by atoms with van der Waals surface area (Å²) in [6.07, 6.45) is 6.51. The molecule has 0 saturated heterocycles. The van der Waals surface area contributed by atoms with Gasteiger partial charge in [0.05, 0.1) is 12.3 Å². The normalized spacial score (nSPS) is 12.8. The second-order valence-corrected chi connectivity index (χ2v) is 5.98. The molecule has 0 bridgehead atoms. The molecule has 0 spiro atoms. The van der Waals surface area contributed by atoms with Crippen molar-refractivity contribution in [1.29, 1.82) is 0 Å². The van der Waals surface area contributed by atoms with Crippen molar-refractivity contribution in [2.24, 2.45) is 0 Å². The van der Waals surface area contributed by atoms with Crippen molar-refractivity contribution >= 4 is 35.3 Å². The Bertz CT molecular complexity index is 779. The molecule has 124 valence electrons. The first-order valence-electron chi connectivity index (χ1n) is 7.47. The molecule has 0 atom stereocenters. The van der Waals surface area contributed by atoms with Crippen LogP contribution in [0.15, 0.2) is 46.6 Å². The Balaban J connectivity index is 1.94. The van der Waals surface area contributed by atoms with E-state index >= 15 is 0 Å². The van der Waals surface area contributed by atoms with E-state index in [4.69, 9.17) is 9.47 Å². The minimum Gasteiger partial charge on any atom is -0.463 e. The number of hydrogen-bond donors (Lipinski definition) is 0. The lowest BCUT2D eigenvalue weighted by Crippen LogP contribution is -2.24. The molecule has 0 fully saturated rings. The fourth-order valence-corrected chi connectivity index (χ4v) is 3.33. The second-order valence-electron chi connectivity index (χ2n) is 4.95. The highest BCUT2D eigenvalue weighted by molar-refractivity contribution is 7.99. The van der Waals surface area contributed by atoms with Gasteiger partial charge in [-0.2, -0.15) is 0 Å². The summed E-state index contributed by atoms with van der Waals surface area (Å²) in [6.45, 7) is 2.51. The number of fused-ring (bicyclic) bond motifs is 2. The maximum atomic E-state index is 11.5. The number of hydrogen-bond acceptors (Lipinski definition) is 7. The zero-order valence-corrected chi connectivity index (χ0v) is 14.2. The van der Waals surface area contributed by atoms with Gasteiger partial charge in [-0.15, -0.1) is 0 Å². The number of nitrogens with zero attached hydrogens (tertiary/aromatic N) is 3. The molecule has 0 amide bonds. The van der Waals surface area contributed by atoms with Gasteiger partial charge in [0, 0.05) is 30.5 Å². The number of methoxy groups -OCH3 is 1. The SMILES string of the molecule is CCOC(=O)/C=C/c1ccc2c(c1)N(COC)c1nccnc1S2. The Morgan fingerprint density at radius 3 is 2.96 bits per heavy atom. The average Bonchev–Trinajstić information content (AvgIpc) is 2.60. The van der Waals surface area contributed by atoms with E-state index in [1.54, 1.807) is 44.3 Å². The number of anilines is 2. The van der Waals surface area contributed by atoms with Crippen molar-refractivity contribution in [3.63, 3.8) is 0 Å². The fraction of sp³-hybridized carbons (Fsp3) is 0.235. The molecule has 6 nitrogen and oxygen atoms in total. The average molecular weight is 343 g/mol. The fourth-order valence-electron chi connectivity index (χ4n) is 2.34. The lowest BCUT2D eigenvalue weighted by atomic mass is 10.1. The Morgan fingerprint density at radius 1 is 1.33 bits per heavy atom. The summed E-state index contributed by atoms with van der Waals surface area (Å²) in [5.41, 5.74) is 1.87. The third-order valence-corrected chi connectivity index (χ3v) is 4.39. The molecule has 2 aromatic rings. The molecule has 1 aromatic heterocycles. The first kappa shape index (κ1) is 16.5. The Morgan fingerprint density at radius 2 is 2.17 bits per heavy atom. The molecule has 0 unspecified atom stereocenters. The Labute approximate surface area is 144 Å². The third kappa shape index (κ3) is 3.42. The molecule has 0 aliphatic carbocycles. The van der Waals surface area contributed by atoms with Gasteiger partial charge in [0.2, 0.25) is 0 Å². The summed E-state index contributed by atoms with van der Waals surface area (Å²) in [7, 11) is 1.64. The molecule has 3 rings (SSSR count). The van der Waals surface area contributed by atoms with Gasteiger partial charge in [-0.1, -0.05) is 17.8 Å². The quantitative estimate of drug-likeness (QED) is 0.610. The molecule has 1 aromatic carbocycles. The van der Waals surface area contributed by atoms with E-state index in [0.29, 0.717) is 13.3 Å². The number of carbonyl (C=O) groups excluding carboxylic acids is 1. The predicted octanol–water partition coefficient (Wildman–Crippen LogP) is 3.26. The van der Waals surface area contributed by atoms with Gasteiger partial charge in [-0.05, 0) is 30.7 Å². The van der Waals surface area contributed by atoms with Crippen molar-refractivity contribution < 1.29 is 14.3 Å². The van der Waals surface area contributed by atoms with Crippen molar-refractivity contribution in [1.82, 2.24) is 9.97 Å². The summed E-state index contributed by atoms with van der Waals surface area (Å²) in [5.74, 6) is 0.415. The lowest BCUT2D eigenvalue weighted by molar-refractivity contribution is -0.137. The monoisotopic (exact) mass is 343 g/mol. The van der Waals surface area contributed by atoms with Gasteiger partial charge in [-0.3, -0.25) is 4.90 Å². The van der Waals surface area contributed by atoms with Gasteiger partial charge >= 0.3 is 5.97 Å². The van der Waals surface area contributed by atoms with Crippen LogP contribution in [-0.2, 0) is 14.3 Å². The zero-order chi connectivity index (χ0) is 16.9. The van der Waals surface area contributed by atoms with Gasteiger partial charge in [-0.25, -0.2) is 14.8 Å². The van der Waals surface area contributed by atoms with E-state index in [2.05, 4.69) is 9.97 Å². The van der Waals surface area contributed by atoms with Crippen molar-refractivity contribution in [3.8, 4) is 0 Å². The molecule has 7 heteroatoms. The number of rotatable bonds is 5. The molecular formula is C17H17N3O3S. The molecule has 1 aliphatic rings. The zero-order valence-electron chi connectivity index (χ0n) is 13.4. The maximum Gasteiger partial charge on any atom is 0.330 e. The number of carbonyl (C=O) groups is 1. The summed E-state index contributed by atoms with van der Waals surface area (Å²) in [6, 6.07) is 5.95. The first-order chi connectivity index (χ1) is 11.7. The van der Waals surface area contributed by atoms with Gasteiger partial charge in [0.25, 0.3) is 0 Å². The summed E-state index contributed by atoms with van der Waals surface area (Å²) in [5, 5.41) is 0.844. The maximum absolute atomic E-state index is 11.5. The Hall–Kier alpha value is -2.38. The van der Waals surface area contributed by atoms with Crippen molar-refractivity contribution in [2.75, 3.05) is 25.3 Å². The molecule has 2 heterocycles. The van der Waals surface area contributed by atoms with E-state index in [-0.39, 0.29) is 5.97 Å². The number of ether oxygens (including phenoxy) is 2. The smallest absolute Gasteiger partial charge is 0.330 e. The Kier molecular flexibility index (Phi) is 5.12. The van der Waals surface area contributed by atoms with Gasteiger partial charge in [0.15, 0.2) is 5.82 Å². The van der Waals surface area contributed by atoms with Crippen molar-refractivity contribution in [2.45, 2.75) is 16.8 Å². The van der Waals surface area contributed by atoms with Crippen LogP contribution in [0, 0.1) is 0 Å². The summed E-state index contributed by atoms with van der Waals surface area (Å²) in [4.78, 5) is 23.3. The van der Waals surface area contributed by atoms with Crippen LogP contribution in [0.1, 0.15) is 12.5 Å². The molecule has 0 saturated carbocycles. The molecule has 1 aliphatic heterocycles. The van der Waals surface area contributed by atoms with Crippen LogP contribution in [0.25, 0.3) is 6.08 Å². The predicted molar refractivity (Wildman–Crippen MR) is 92.3 cm³/mol. The summed E-state index contributed by atoms with van der Waals surface area (Å²) < 4.78 is 10.2. The van der Waals surface area contributed by atoms with E-state index < -0.39 is 0 Å². The highest BCUT2D eigenvalue weighted by Gasteiger charge is 2.25. The van der Waals surface area contributed by atoms with E-state index in [0.717, 1.165) is 27.0 Å². The van der Waals surface area contributed by atoms with Crippen molar-refractivity contribution in [3.05, 3.63) is 42.2 Å². The van der Waals surface area contributed by atoms with Crippen LogP contribution in [0.5, 0.6) is 0 Å².